The van der Waals surface area contributed by atoms with Crippen LogP contribution < -0.4 is 0 Å². The topological polar surface area (TPSA) is 23.6 Å². The Kier molecular flexibility index (Phi) is 4.08. The highest BCUT2D eigenvalue weighted by Crippen LogP contribution is 2.25. The number of halogens is 2. The molecule has 108 valence electrons. The van der Waals surface area contributed by atoms with Crippen LogP contribution in [0.5, 0.6) is 0 Å². The van der Waals surface area contributed by atoms with E-state index in [-0.39, 0.29) is 16.2 Å². The van der Waals surface area contributed by atoms with Crippen molar-refractivity contribution in [3.05, 3.63) is 34.1 Å². The second kappa shape index (κ2) is 5.82. The molecule has 1 amide bonds. The summed E-state index contributed by atoms with van der Waals surface area (Å²) < 4.78 is 13.8. The van der Waals surface area contributed by atoms with Crippen molar-refractivity contribution in [3.8, 4) is 0 Å². The molecule has 1 aromatic rings. The number of benzene rings is 1. The summed E-state index contributed by atoms with van der Waals surface area (Å²) in [6.45, 7) is 3.83. The predicted molar refractivity (Wildman–Crippen MR) is 79.2 cm³/mol. The lowest BCUT2D eigenvalue weighted by Gasteiger charge is -2.23. The summed E-state index contributed by atoms with van der Waals surface area (Å²) >= 11 is 3.18. The first-order valence-corrected chi connectivity index (χ1v) is 7.93. The molecule has 0 spiro atoms. The summed E-state index contributed by atoms with van der Waals surface area (Å²) in [4.78, 5) is 16.8. The summed E-state index contributed by atoms with van der Waals surface area (Å²) in [5, 5.41) is 0. The van der Waals surface area contributed by atoms with Crippen LogP contribution in [0.2, 0.25) is 0 Å². The molecule has 0 aromatic heterocycles. The van der Waals surface area contributed by atoms with Crippen LogP contribution in [0, 0.1) is 5.82 Å². The minimum absolute atomic E-state index is 0.0712. The summed E-state index contributed by atoms with van der Waals surface area (Å²) in [5.74, 6) is -0.454. The summed E-state index contributed by atoms with van der Waals surface area (Å²) in [7, 11) is 0. The van der Waals surface area contributed by atoms with Gasteiger partial charge in [0.2, 0.25) is 0 Å². The van der Waals surface area contributed by atoms with Gasteiger partial charge in [0.1, 0.15) is 5.82 Å². The summed E-state index contributed by atoms with van der Waals surface area (Å²) in [6, 6.07) is 5.10. The zero-order chi connectivity index (χ0) is 14.1. The lowest BCUT2D eigenvalue weighted by atomic mass is 10.2. The number of nitrogens with zero attached hydrogens (tertiary/aromatic N) is 2. The third-order valence-corrected chi connectivity index (χ3v) is 5.10. The number of likely N-dealkylation sites (tertiary alicyclic amines) is 2. The molecule has 1 atom stereocenters. The van der Waals surface area contributed by atoms with E-state index in [9.17, 15) is 9.18 Å². The quantitative estimate of drug-likeness (QED) is 0.826. The van der Waals surface area contributed by atoms with Gasteiger partial charge in [-0.15, -0.1) is 0 Å². The molecule has 0 N–H and O–H groups in total. The maximum absolute atomic E-state index is 13.5. The molecular formula is C15H18BrFN2O. The molecule has 1 aromatic carbocycles. The maximum Gasteiger partial charge on any atom is 0.255 e. The highest BCUT2D eigenvalue weighted by Gasteiger charge is 2.32. The second-order valence-electron chi connectivity index (χ2n) is 5.54. The Labute approximate surface area is 126 Å². The molecule has 2 saturated heterocycles. The fourth-order valence-corrected chi connectivity index (χ4v) is 3.60. The van der Waals surface area contributed by atoms with E-state index in [1.54, 1.807) is 12.1 Å². The van der Waals surface area contributed by atoms with Gasteiger partial charge in [-0.3, -0.25) is 9.69 Å². The van der Waals surface area contributed by atoms with Crippen LogP contribution in [0.4, 0.5) is 4.39 Å². The van der Waals surface area contributed by atoms with Crippen molar-refractivity contribution in [2.24, 2.45) is 0 Å². The smallest absolute Gasteiger partial charge is 0.255 e. The van der Waals surface area contributed by atoms with Crippen molar-refractivity contribution < 1.29 is 9.18 Å². The second-order valence-corrected chi connectivity index (χ2v) is 6.33. The van der Waals surface area contributed by atoms with Gasteiger partial charge in [0.05, 0.1) is 10.0 Å². The Balaban J connectivity index is 1.70. The van der Waals surface area contributed by atoms with Crippen molar-refractivity contribution in [3.63, 3.8) is 0 Å². The molecule has 20 heavy (non-hydrogen) atoms. The zero-order valence-corrected chi connectivity index (χ0v) is 12.9. The maximum atomic E-state index is 13.5. The van der Waals surface area contributed by atoms with E-state index in [1.165, 1.54) is 18.9 Å². The molecule has 2 aliphatic rings. The Hall–Kier alpha value is -0.940. The van der Waals surface area contributed by atoms with Gasteiger partial charge >= 0.3 is 0 Å². The Morgan fingerprint density at radius 3 is 2.75 bits per heavy atom. The molecule has 2 fully saturated rings. The van der Waals surface area contributed by atoms with Gasteiger partial charge in [-0.1, -0.05) is 6.07 Å². The van der Waals surface area contributed by atoms with Crippen LogP contribution in [-0.4, -0.2) is 47.9 Å². The first-order valence-electron chi connectivity index (χ1n) is 7.14. The average Bonchev–Trinajstić information content (AvgIpc) is 3.11. The summed E-state index contributed by atoms with van der Waals surface area (Å²) in [6.07, 6.45) is 3.55. The third kappa shape index (κ3) is 2.61. The minimum atomic E-state index is -0.383. The number of rotatable bonds is 2. The average molecular weight is 341 g/mol. The van der Waals surface area contributed by atoms with Gasteiger partial charge in [-0.05, 0) is 60.4 Å². The molecular weight excluding hydrogens is 323 g/mol. The predicted octanol–water partition coefficient (Wildman–Crippen LogP) is 2.90. The third-order valence-electron chi connectivity index (χ3n) is 4.29. The molecule has 0 radical (unpaired) electrons. The lowest BCUT2D eigenvalue weighted by Crippen LogP contribution is -2.37. The van der Waals surface area contributed by atoms with Crippen molar-refractivity contribution in [2.45, 2.75) is 25.3 Å². The molecule has 2 heterocycles. The molecule has 0 bridgehead atoms. The van der Waals surface area contributed by atoms with E-state index in [2.05, 4.69) is 20.8 Å². The van der Waals surface area contributed by atoms with Crippen molar-refractivity contribution in [2.75, 3.05) is 26.2 Å². The van der Waals surface area contributed by atoms with E-state index < -0.39 is 0 Å². The fourth-order valence-electron chi connectivity index (χ4n) is 3.17. The highest BCUT2D eigenvalue weighted by molar-refractivity contribution is 9.10. The molecule has 5 heteroatoms. The van der Waals surface area contributed by atoms with Gasteiger partial charge in [0, 0.05) is 19.1 Å². The largest absolute Gasteiger partial charge is 0.337 e. The standard InChI is InChI=1S/C15H18BrFN2O/c16-14-12(4-3-5-13(14)17)15(20)19-9-6-11(10-19)18-7-1-2-8-18/h3-5,11H,1-2,6-10H2. The SMILES string of the molecule is O=C(c1cccc(F)c1Br)N1CCC(N2CCCC2)C1. The van der Waals surface area contributed by atoms with Crippen molar-refractivity contribution in [1.29, 1.82) is 0 Å². The Morgan fingerprint density at radius 2 is 2.00 bits per heavy atom. The van der Waals surface area contributed by atoms with Gasteiger partial charge in [-0.25, -0.2) is 4.39 Å². The van der Waals surface area contributed by atoms with Crippen molar-refractivity contribution in [1.82, 2.24) is 9.80 Å². The Bertz CT molecular complexity index is 517. The first-order chi connectivity index (χ1) is 9.66. The van der Waals surface area contributed by atoms with E-state index in [0.717, 1.165) is 32.6 Å². The zero-order valence-electron chi connectivity index (χ0n) is 11.3. The molecule has 1 unspecified atom stereocenters. The van der Waals surface area contributed by atoms with E-state index in [4.69, 9.17) is 0 Å². The number of carbonyl (C=O) groups is 1. The monoisotopic (exact) mass is 340 g/mol. The van der Waals surface area contributed by atoms with Crippen LogP contribution in [-0.2, 0) is 0 Å². The van der Waals surface area contributed by atoms with Crippen LogP contribution >= 0.6 is 15.9 Å². The number of amides is 1. The first kappa shape index (κ1) is 14.0. The van der Waals surface area contributed by atoms with Crippen LogP contribution in [0.1, 0.15) is 29.6 Å². The lowest BCUT2D eigenvalue weighted by molar-refractivity contribution is 0.0778. The van der Waals surface area contributed by atoms with Crippen LogP contribution in [0.15, 0.2) is 22.7 Å². The number of hydrogen-bond donors (Lipinski definition) is 0. The van der Waals surface area contributed by atoms with Gasteiger partial charge in [0.15, 0.2) is 0 Å². The summed E-state index contributed by atoms with van der Waals surface area (Å²) in [5.41, 5.74) is 0.423. The highest BCUT2D eigenvalue weighted by atomic mass is 79.9. The molecule has 0 aliphatic carbocycles. The fraction of sp³-hybridized carbons (Fsp3) is 0.533. The van der Waals surface area contributed by atoms with E-state index >= 15 is 0 Å². The molecule has 3 nitrogen and oxygen atoms in total. The molecule has 2 aliphatic heterocycles. The van der Waals surface area contributed by atoms with Crippen LogP contribution in [0.25, 0.3) is 0 Å². The normalized spacial score (nSPS) is 23.5. The van der Waals surface area contributed by atoms with Gasteiger partial charge in [-0.2, -0.15) is 0 Å². The van der Waals surface area contributed by atoms with E-state index in [0.29, 0.717) is 11.6 Å². The minimum Gasteiger partial charge on any atom is -0.337 e. The Morgan fingerprint density at radius 1 is 1.25 bits per heavy atom. The van der Waals surface area contributed by atoms with E-state index in [1.807, 2.05) is 4.90 Å². The molecule has 0 saturated carbocycles. The molecule has 3 rings (SSSR count). The van der Waals surface area contributed by atoms with Crippen molar-refractivity contribution >= 4 is 21.8 Å². The van der Waals surface area contributed by atoms with Crippen LogP contribution in [0.3, 0.4) is 0 Å². The van der Waals surface area contributed by atoms with Gasteiger partial charge < -0.3 is 4.90 Å². The number of carbonyl (C=O) groups excluding carboxylic acids is 1. The number of hydrogen-bond acceptors (Lipinski definition) is 2. The van der Waals surface area contributed by atoms with Gasteiger partial charge in [0.25, 0.3) is 5.91 Å².